The molecular formula is C14H17FN2O3. The smallest absolute Gasteiger partial charge is 0.321 e. The fourth-order valence-electron chi connectivity index (χ4n) is 2.37. The second kappa shape index (κ2) is 5.90. The van der Waals surface area contributed by atoms with E-state index in [0.29, 0.717) is 30.8 Å². The van der Waals surface area contributed by atoms with Crippen molar-refractivity contribution in [2.24, 2.45) is 5.92 Å². The Balaban J connectivity index is 1.96. The standard InChI is InChI=1S/C14H17FN2O3/c1-9-11(15)3-2-4-12(9)16-14(20)17-6-5-10(8-17)7-13(18)19/h2-4,10H,5-8H2,1H3,(H,16,20)(H,18,19). The Morgan fingerprint density at radius 2 is 2.25 bits per heavy atom. The molecule has 108 valence electrons. The third-order valence-corrected chi connectivity index (χ3v) is 3.55. The molecule has 0 bridgehead atoms. The zero-order valence-electron chi connectivity index (χ0n) is 11.2. The number of carboxylic acids is 1. The Morgan fingerprint density at radius 1 is 1.50 bits per heavy atom. The molecule has 1 aliphatic rings. The van der Waals surface area contributed by atoms with Crippen LogP contribution in [0.3, 0.4) is 0 Å². The van der Waals surface area contributed by atoms with Gasteiger partial charge in [-0.15, -0.1) is 0 Å². The number of halogens is 1. The first kappa shape index (κ1) is 14.3. The summed E-state index contributed by atoms with van der Waals surface area (Å²) in [7, 11) is 0. The Hall–Kier alpha value is -2.11. The summed E-state index contributed by atoms with van der Waals surface area (Å²) in [6, 6.07) is 4.20. The summed E-state index contributed by atoms with van der Waals surface area (Å²) in [5, 5.41) is 11.4. The third-order valence-electron chi connectivity index (χ3n) is 3.55. The number of anilines is 1. The quantitative estimate of drug-likeness (QED) is 0.893. The van der Waals surface area contributed by atoms with E-state index in [-0.39, 0.29) is 24.2 Å². The molecule has 1 aromatic carbocycles. The van der Waals surface area contributed by atoms with Gasteiger partial charge in [0.1, 0.15) is 5.82 Å². The minimum atomic E-state index is -0.849. The minimum absolute atomic E-state index is 0.00754. The maximum Gasteiger partial charge on any atom is 0.321 e. The lowest BCUT2D eigenvalue weighted by molar-refractivity contribution is -0.138. The van der Waals surface area contributed by atoms with Gasteiger partial charge in [0.25, 0.3) is 0 Å². The van der Waals surface area contributed by atoms with Gasteiger partial charge < -0.3 is 15.3 Å². The Morgan fingerprint density at radius 3 is 2.95 bits per heavy atom. The van der Waals surface area contributed by atoms with Gasteiger partial charge in [0, 0.05) is 30.8 Å². The van der Waals surface area contributed by atoms with E-state index in [1.807, 2.05) is 0 Å². The Labute approximate surface area is 116 Å². The molecule has 0 spiro atoms. The fourth-order valence-corrected chi connectivity index (χ4v) is 2.37. The van der Waals surface area contributed by atoms with Gasteiger partial charge in [-0.05, 0) is 31.4 Å². The first-order chi connectivity index (χ1) is 9.47. The number of aliphatic carboxylic acids is 1. The van der Waals surface area contributed by atoms with Gasteiger partial charge in [0.05, 0.1) is 0 Å². The lowest BCUT2D eigenvalue weighted by atomic mass is 10.1. The van der Waals surface area contributed by atoms with Crippen molar-refractivity contribution in [1.82, 2.24) is 4.90 Å². The van der Waals surface area contributed by atoms with Crippen molar-refractivity contribution >= 4 is 17.7 Å². The number of nitrogens with zero attached hydrogens (tertiary/aromatic N) is 1. The number of likely N-dealkylation sites (tertiary alicyclic amines) is 1. The van der Waals surface area contributed by atoms with Crippen molar-refractivity contribution in [3.8, 4) is 0 Å². The predicted octanol–water partition coefficient (Wildman–Crippen LogP) is 2.46. The van der Waals surface area contributed by atoms with Crippen LogP contribution in [0.4, 0.5) is 14.9 Å². The van der Waals surface area contributed by atoms with E-state index in [0.717, 1.165) is 0 Å². The van der Waals surface area contributed by atoms with Crippen LogP contribution in [0.25, 0.3) is 0 Å². The van der Waals surface area contributed by atoms with Gasteiger partial charge in [-0.1, -0.05) is 6.07 Å². The molecule has 1 saturated heterocycles. The van der Waals surface area contributed by atoms with Crippen molar-refractivity contribution in [2.75, 3.05) is 18.4 Å². The number of hydrogen-bond donors (Lipinski definition) is 2. The lowest BCUT2D eigenvalue weighted by Gasteiger charge is -2.18. The highest BCUT2D eigenvalue weighted by Gasteiger charge is 2.27. The van der Waals surface area contributed by atoms with Gasteiger partial charge in [-0.25, -0.2) is 9.18 Å². The van der Waals surface area contributed by atoms with Crippen LogP contribution in [0, 0.1) is 18.7 Å². The van der Waals surface area contributed by atoms with Crippen LogP contribution < -0.4 is 5.32 Å². The SMILES string of the molecule is Cc1c(F)cccc1NC(=O)N1CCC(CC(=O)O)C1. The van der Waals surface area contributed by atoms with E-state index in [1.165, 1.54) is 12.1 Å². The summed E-state index contributed by atoms with van der Waals surface area (Å²) in [5.41, 5.74) is 0.832. The van der Waals surface area contributed by atoms with Crippen LogP contribution in [-0.2, 0) is 4.79 Å². The molecule has 2 rings (SSSR count). The van der Waals surface area contributed by atoms with Crippen molar-refractivity contribution < 1.29 is 19.1 Å². The molecule has 1 heterocycles. The highest BCUT2D eigenvalue weighted by atomic mass is 19.1. The zero-order chi connectivity index (χ0) is 14.7. The summed E-state index contributed by atoms with van der Waals surface area (Å²) in [6.45, 7) is 2.55. The fraction of sp³-hybridized carbons (Fsp3) is 0.429. The van der Waals surface area contributed by atoms with Crippen LogP contribution in [0.5, 0.6) is 0 Å². The monoisotopic (exact) mass is 280 g/mol. The average molecular weight is 280 g/mol. The molecule has 1 fully saturated rings. The number of carbonyl (C=O) groups is 2. The lowest BCUT2D eigenvalue weighted by Crippen LogP contribution is -2.33. The molecule has 1 atom stereocenters. The van der Waals surface area contributed by atoms with E-state index >= 15 is 0 Å². The summed E-state index contributed by atoms with van der Waals surface area (Å²) >= 11 is 0. The number of benzene rings is 1. The molecule has 1 unspecified atom stereocenters. The van der Waals surface area contributed by atoms with Crippen molar-refractivity contribution in [3.05, 3.63) is 29.6 Å². The Kier molecular flexibility index (Phi) is 4.22. The number of carbonyl (C=O) groups excluding carboxylic acids is 1. The zero-order valence-corrected chi connectivity index (χ0v) is 11.2. The van der Waals surface area contributed by atoms with Crippen LogP contribution in [0.2, 0.25) is 0 Å². The van der Waals surface area contributed by atoms with Gasteiger partial charge in [0.2, 0.25) is 0 Å². The number of carboxylic acid groups (broad SMARTS) is 1. The third kappa shape index (κ3) is 3.26. The molecule has 0 aromatic heterocycles. The number of urea groups is 1. The molecule has 20 heavy (non-hydrogen) atoms. The number of rotatable bonds is 3. The molecule has 2 N–H and O–H groups in total. The summed E-state index contributed by atoms with van der Waals surface area (Å²) in [6.07, 6.45) is 0.755. The molecule has 5 nitrogen and oxygen atoms in total. The first-order valence-electron chi connectivity index (χ1n) is 6.50. The van der Waals surface area contributed by atoms with Crippen LogP contribution in [-0.4, -0.2) is 35.1 Å². The number of hydrogen-bond acceptors (Lipinski definition) is 2. The van der Waals surface area contributed by atoms with E-state index in [1.54, 1.807) is 17.9 Å². The second-order valence-electron chi connectivity index (χ2n) is 5.04. The van der Waals surface area contributed by atoms with Crippen molar-refractivity contribution in [1.29, 1.82) is 0 Å². The van der Waals surface area contributed by atoms with E-state index < -0.39 is 5.97 Å². The minimum Gasteiger partial charge on any atom is -0.481 e. The van der Waals surface area contributed by atoms with Gasteiger partial charge in [-0.3, -0.25) is 4.79 Å². The highest BCUT2D eigenvalue weighted by molar-refractivity contribution is 5.90. The van der Waals surface area contributed by atoms with Crippen LogP contribution in [0.1, 0.15) is 18.4 Å². The Bertz CT molecular complexity index is 533. The van der Waals surface area contributed by atoms with Crippen molar-refractivity contribution in [2.45, 2.75) is 19.8 Å². The van der Waals surface area contributed by atoms with Crippen LogP contribution in [0.15, 0.2) is 18.2 Å². The topological polar surface area (TPSA) is 69.6 Å². The summed E-state index contributed by atoms with van der Waals surface area (Å²) in [4.78, 5) is 24.3. The van der Waals surface area contributed by atoms with Crippen molar-refractivity contribution in [3.63, 3.8) is 0 Å². The molecule has 6 heteroatoms. The van der Waals surface area contributed by atoms with E-state index in [9.17, 15) is 14.0 Å². The van der Waals surface area contributed by atoms with Crippen LogP contribution >= 0.6 is 0 Å². The van der Waals surface area contributed by atoms with Gasteiger partial charge >= 0.3 is 12.0 Å². The summed E-state index contributed by atoms with van der Waals surface area (Å²) in [5.74, 6) is -1.22. The normalized spacial score (nSPS) is 18.1. The predicted molar refractivity (Wildman–Crippen MR) is 72.1 cm³/mol. The maximum atomic E-state index is 13.4. The van der Waals surface area contributed by atoms with Gasteiger partial charge in [-0.2, -0.15) is 0 Å². The maximum absolute atomic E-state index is 13.4. The molecular weight excluding hydrogens is 263 g/mol. The van der Waals surface area contributed by atoms with Gasteiger partial charge in [0.15, 0.2) is 0 Å². The molecule has 1 aromatic rings. The van der Waals surface area contributed by atoms with E-state index in [4.69, 9.17) is 5.11 Å². The highest BCUT2D eigenvalue weighted by Crippen LogP contribution is 2.22. The average Bonchev–Trinajstić information content (AvgIpc) is 2.82. The molecule has 0 saturated carbocycles. The van der Waals surface area contributed by atoms with E-state index in [2.05, 4.69) is 5.32 Å². The molecule has 1 aliphatic heterocycles. The largest absolute Gasteiger partial charge is 0.481 e. The molecule has 2 amide bonds. The molecule has 0 aliphatic carbocycles. The first-order valence-corrected chi connectivity index (χ1v) is 6.50. The second-order valence-corrected chi connectivity index (χ2v) is 5.04. The molecule has 0 radical (unpaired) electrons. The number of nitrogens with one attached hydrogen (secondary N) is 1. The summed E-state index contributed by atoms with van der Waals surface area (Å²) < 4.78 is 13.4. The number of amides is 2.